The zero-order chi connectivity index (χ0) is 9.26. The maximum atomic E-state index is 2.36. The third kappa shape index (κ3) is 2.05. The summed E-state index contributed by atoms with van der Waals surface area (Å²) in [5.41, 5.74) is 5.98. The molecule has 0 saturated heterocycles. The molecule has 0 amide bonds. The second-order valence-corrected chi connectivity index (χ2v) is 5.86. The molecule has 0 spiro atoms. The summed E-state index contributed by atoms with van der Waals surface area (Å²) in [5.74, 6) is 2.40. The van der Waals surface area contributed by atoms with Gasteiger partial charge in [0.05, 0.1) is 0 Å². The Morgan fingerprint density at radius 3 is 1.85 bits per heavy atom. The number of aryl methyl sites for hydroxylation is 2. The Hall–Kier alpha value is -0.0800. The summed E-state index contributed by atoms with van der Waals surface area (Å²) in [5, 5.41) is 1.24. The summed E-state index contributed by atoms with van der Waals surface area (Å²) in [6.45, 7) is 4.41. The van der Waals surface area contributed by atoms with Crippen LogP contribution in [0.4, 0.5) is 0 Å². The summed E-state index contributed by atoms with van der Waals surface area (Å²) in [7, 11) is 0. The molecule has 0 N–H and O–H groups in total. The van der Waals surface area contributed by atoms with Crippen LogP contribution in [0.25, 0.3) is 0 Å². The van der Waals surface area contributed by atoms with E-state index in [1.807, 2.05) is 23.5 Å². The van der Waals surface area contributed by atoms with E-state index in [4.69, 9.17) is 0 Å². The Morgan fingerprint density at radius 2 is 1.38 bits per heavy atom. The molecular formula is C11H14S2. The quantitative estimate of drug-likeness (QED) is 0.640. The van der Waals surface area contributed by atoms with Crippen LogP contribution in [0.5, 0.6) is 0 Å². The van der Waals surface area contributed by atoms with E-state index >= 15 is 0 Å². The predicted octanol–water partition coefficient (Wildman–Crippen LogP) is 3.74. The molecule has 70 valence electrons. The lowest BCUT2D eigenvalue weighted by Crippen LogP contribution is -1.92. The first-order valence-electron chi connectivity index (χ1n) is 4.52. The van der Waals surface area contributed by atoms with Crippen molar-refractivity contribution >= 4 is 23.5 Å². The zero-order valence-electron chi connectivity index (χ0n) is 8.09. The van der Waals surface area contributed by atoms with Gasteiger partial charge in [0.2, 0.25) is 0 Å². The van der Waals surface area contributed by atoms with Crippen molar-refractivity contribution in [3.63, 3.8) is 0 Å². The molecule has 2 heteroatoms. The van der Waals surface area contributed by atoms with Gasteiger partial charge in [-0.25, -0.2) is 0 Å². The van der Waals surface area contributed by atoms with Crippen LogP contribution in [0.1, 0.15) is 22.3 Å². The number of hydrogen-bond acceptors (Lipinski definition) is 2. The van der Waals surface area contributed by atoms with Crippen LogP contribution in [0, 0.1) is 13.8 Å². The Kier molecular flexibility index (Phi) is 2.89. The van der Waals surface area contributed by atoms with Crippen LogP contribution in [-0.2, 0) is 11.5 Å². The highest BCUT2D eigenvalue weighted by Gasteiger charge is 2.09. The van der Waals surface area contributed by atoms with Gasteiger partial charge in [0.1, 0.15) is 0 Å². The highest BCUT2D eigenvalue weighted by Crippen LogP contribution is 2.30. The van der Waals surface area contributed by atoms with Crippen molar-refractivity contribution in [3.8, 4) is 0 Å². The molecular weight excluding hydrogens is 196 g/mol. The van der Waals surface area contributed by atoms with E-state index in [0.717, 1.165) is 0 Å². The van der Waals surface area contributed by atoms with E-state index in [-0.39, 0.29) is 0 Å². The lowest BCUT2D eigenvalue weighted by atomic mass is 10.0. The molecule has 1 aromatic rings. The number of rotatable bonds is 0. The lowest BCUT2D eigenvalue weighted by Gasteiger charge is -2.08. The third-order valence-corrected chi connectivity index (χ3v) is 4.86. The van der Waals surface area contributed by atoms with Gasteiger partial charge >= 0.3 is 0 Å². The zero-order valence-corrected chi connectivity index (χ0v) is 9.73. The van der Waals surface area contributed by atoms with Crippen LogP contribution >= 0.6 is 23.5 Å². The summed E-state index contributed by atoms with van der Waals surface area (Å²) < 4.78 is 0. The van der Waals surface area contributed by atoms with Crippen LogP contribution in [-0.4, -0.2) is 5.08 Å². The van der Waals surface area contributed by atoms with Gasteiger partial charge in [-0.1, -0.05) is 12.1 Å². The summed E-state index contributed by atoms with van der Waals surface area (Å²) in [6, 6.07) is 4.73. The van der Waals surface area contributed by atoms with Crippen molar-refractivity contribution in [3.05, 3.63) is 34.4 Å². The van der Waals surface area contributed by atoms with E-state index in [2.05, 4.69) is 26.0 Å². The molecule has 1 aliphatic heterocycles. The van der Waals surface area contributed by atoms with Gasteiger partial charge in [-0.2, -0.15) is 0 Å². The summed E-state index contributed by atoms with van der Waals surface area (Å²) in [6.07, 6.45) is 0. The number of fused-ring (bicyclic) bond motifs is 1. The molecule has 0 atom stereocenters. The maximum Gasteiger partial charge on any atom is 0.0398 e. The molecule has 0 aromatic heterocycles. The second-order valence-electron chi connectivity index (χ2n) is 3.52. The van der Waals surface area contributed by atoms with Gasteiger partial charge in [0, 0.05) is 16.6 Å². The smallest absolute Gasteiger partial charge is 0.0398 e. The van der Waals surface area contributed by atoms with Gasteiger partial charge in [-0.15, -0.1) is 23.5 Å². The first-order chi connectivity index (χ1) is 6.27. The van der Waals surface area contributed by atoms with Gasteiger partial charge in [0.15, 0.2) is 0 Å². The minimum absolute atomic E-state index is 1.20. The third-order valence-electron chi connectivity index (χ3n) is 2.50. The van der Waals surface area contributed by atoms with E-state index in [1.54, 1.807) is 11.1 Å². The van der Waals surface area contributed by atoms with Gasteiger partial charge < -0.3 is 0 Å². The minimum atomic E-state index is 1.20. The van der Waals surface area contributed by atoms with Crippen molar-refractivity contribution in [2.45, 2.75) is 25.4 Å². The SMILES string of the molecule is Cc1cc2c(cc1C)CSCSC2. The summed E-state index contributed by atoms with van der Waals surface area (Å²) >= 11 is 4.07. The average molecular weight is 210 g/mol. The summed E-state index contributed by atoms with van der Waals surface area (Å²) in [4.78, 5) is 0. The van der Waals surface area contributed by atoms with Crippen molar-refractivity contribution in [2.75, 3.05) is 5.08 Å². The standard InChI is InChI=1S/C11H14S2/c1-8-3-10-5-12-7-13-6-11(10)4-9(8)2/h3-4H,5-7H2,1-2H3. The Balaban J connectivity index is 2.43. The van der Waals surface area contributed by atoms with Crippen molar-refractivity contribution in [2.24, 2.45) is 0 Å². The van der Waals surface area contributed by atoms with Crippen LogP contribution < -0.4 is 0 Å². The van der Waals surface area contributed by atoms with Crippen LogP contribution in [0.15, 0.2) is 12.1 Å². The van der Waals surface area contributed by atoms with Crippen molar-refractivity contribution in [1.82, 2.24) is 0 Å². The Labute approximate surface area is 88.5 Å². The lowest BCUT2D eigenvalue weighted by molar-refractivity contribution is 1.22. The fraction of sp³-hybridized carbons (Fsp3) is 0.455. The molecule has 1 aliphatic rings. The molecule has 0 fully saturated rings. The maximum absolute atomic E-state index is 2.36. The fourth-order valence-corrected chi connectivity index (χ4v) is 3.68. The van der Waals surface area contributed by atoms with Crippen molar-refractivity contribution < 1.29 is 0 Å². The van der Waals surface area contributed by atoms with Gasteiger partial charge in [-0.05, 0) is 36.1 Å². The molecule has 0 saturated carbocycles. The monoisotopic (exact) mass is 210 g/mol. The molecule has 2 rings (SSSR count). The van der Waals surface area contributed by atoms with Crippen molar-refractivity contribution in [1.29, 1.82) is 0 Å². The molecule has 0 nitrogen and oxygen atoms in total. The molecule has 0 aliphatic carbocycles. The number of thioether (sulfide) groups is 2. The predicted molar refractivity (Wildman–Crippen MR) is 63.4 cm³/mol. The highest BCUT2D eigenvalue weighted by atomic mass is 32.2. The first-order valence-corrected chi connectivity index (χ1v) is 6.83. The number of benzene rings is 1. The topological polar surface area (TPSA) is 0 Å². The van der Waals surface area contributed by atoms with Gasteiger partial charge in [-0.3, -0.25) is 0 Å². The van der Waals surface area contributed by atoms with Crippen LogP contribution in [0.3, 0.4) is 0 Å². The van der Waals surface area contributed by atoms with Gasteiger partial charge in [0.25, 0.3) is 0 Å². The van der Waals surface area contributed by atoms with E-state index < -0.39 is 0 Å². The largest absolute Gasteiger partial charge is 0.146 e. The molecule has 0 bridgehead atoms. The fourth-order valence-electron chi connectivity index (χ4n) is 1.57. The molecule has 0 unspecified atom stereocenters. The average Bonchev–Trinajstić information content (AvgIpc) is 2.31. The Morgan fingerprint density at radius 1 is 0.923 bits per heavy atom. The molecule has 0 radical (unpaired) electrons. The highest BCUT2D eigenvalue weighted by molar-refractivity contribution is 8.15. The first kappa shape index (κ1) is 9.47. The van der Waals surface area contributed by atoms with E-state index in [0.29, 0.717) is 0 Å². The molecule has 1 aromatic carbocycles. The molecule has 13 heavy (non-hydrogen) atoms. The van der Waals surface area contributed by atoms with E-state index in [1.165, 1.54) is 27.7 Å². The van der Waals surface area contributed by atoms with Crippen LogP contribution in [0.2, 0.25) is 0 Å². The van der Waals surface area contributed by atoms with E-state index in [9.17, 15) is 0 Å². The normalized spacial score (nSPS) is 16.5. The minimum Gasteiger partial charge on any atom is -0.146 e. The number of hydrogen-bond donors (Lipinski definition) is 0. The second kappa shape index (κ2) is 3.97. The Bertz CT molecular complexity index is 287. The molecule has 1 heterocycles.